The van der Waals surface area contributed by atoms with Gasteiger partial charge < -0.3 is 24.8 Å². The van der Waals surface area contributed by atoms with E-state index >= 15 is 0 Å². The molecule has 2 rings (SSSR count). The summed E-state index contributed by atoms with van der Waals surface area (Å²) >= 11 is 0. The zero-order chi connectivity index (χ0) is 21.8. The molecule has 3 N–H and O–H groups in total. The minimum atomic E-state index is -0.508. The third-order valence-electron chi connectivity index (χ3n) is 5.69. The van der Waals surface area contributed by atoms with Crippen LogP contribution in [0.5, 0.6) is 11.5 Å². The molecule has 2 aromatic rings. The first-order chi connectivity index (χ1) is 14.5. The van der Waals surface area contributed by atoms with Crippen LogP contribution in [0.3, 0.4) is 0 Å². The predicted octanol–water partition coefficient (Wildman–Crippen LogP) is 4.74. The van der Waals surface area contributed by atoms with Crippen LogP contribution in [0.15, 0.2) is 42.5 Å². The number of benzene rings is 2. The van der Waals surface area contributed by atoms with Gasteiger partial charge in [0.05, 0.1) is 25.4 Å². The lowest BCUT2D eigenvalue weighted by Gasteiger charge is -2.24. The topological polar surface area (TPSA) is 79.2 Å². The van der Waals surface area contributed by atoms with E-state index in [1.807, 2.05) is 38.1 Å². The Balaban J connectivity index is 1.76. The lowest BCUT2D eigenvalue weighted by molar-refractivity contribution is 0.0209. The first-order valence-electron chi connectivity index (χ1n) is 10.9. The van der Waals surface area contributed by atoms with E-state index in [1.165, 1.54) is 0 Å². The average molecular weight is 417 g/mol. The summed E-state index contributed by atoms with van der Waals surface area (Å²) in [5.74, 6) is 1.48. The van der Waals surface area contributed by atoms with Gasteiger partial charge in [-0.05, 0) is 73.1 Å². The summed E-state index contributed by atoms with van der Waals surface area (Å²) in [6.45, 7) is 4.90. The predicted molar refractivity (Wildman–Crippen MR) is 119 cm³/mol. The van der Waals surface area contributed by atoms with E-state index in [9.17, 15) is 15.3 Å². The molecule has 0 amide bonds. The van der Waals surface area contributed by atoms with Crippen molar-refractivity contribution in [2.45, 2.75) is 77.8 Å². The van der Waals surface area contributed by atoms with E-state index in [4.69, 9.17) is 9.47 Å². The van der Waals surface area contributed by atoms with Crippen LogP contribution in [0.4, 0.5) is 0 Å². The van der Waals surface area contributed by atoms with Gasteiger partial charge in [0.15, 0.2) is 0 Å². The fraction of sp³-hybridized carbons (Fsp3) is 0.520. The Labute approximate surface area is 180 Å². The Morgan fingerprint density at radius 3 is 2.23 bits per heavy atom. The van der Waals surface area contributed by atoms with Crippen molar-refractivity contribution in [2.75, 3.05) is 6.61 Å². The van der Waals surface area contributed by atoms with Crippen LogP contribution in [0.25, 0.3) is 0 Å². The summed E-state index contributed by atoms with van der Waals surface area (Å²) in [6, 6.07) is 13.2. The highest BCUT2D eigenvalue weighted by molar-refractivity contribution is 5.35. The van der Waals surface area contributed by atoms with E-state index in [0.717, 1.165) is 49.8 Å². The van der Waals surface area contributed by atoms with Crippen molar-refractivity contribution in [3.63, 3.8) is 0 Å². The van der Waals surface area contributed by atoms with Gasteiger partial charge in [-0.15, -0.1) is 0 Å². The molecule has 0 unspecified atom stereocenters. The fourth-order valence-corrected chi connectivity index (χ4v) is 3.41. The van der Waals surface area contributed by atoms with Crippen LogP contribution in [-0.2, 0) is 19.8 Å². The summed E-state index contributed by atoms with van der Waals surface area (Å²) in [5.41, 5.74) is 1.86. The van der Waals surface area contributed by atoms with Gasteiger partial charge in [-0.25, -0.2) is 0 Å². The summed E-state index contributed by atoms with van der Waals surface area (Å²) in [4.78, 5) is 0. The largest absolute Gasteiger partial charge is 0.494 e. The minimum Gasteiger partial charge on any atom is -0.494 e. The SMILES string of the molecule is CCC(O)(CC)CCCCCOc1cccc(COc2ccc(CO)c(CO)c2)c1. The summed E-state index contributed by atoms with van der Waals surface area (Å²) < 4.78 is 11.7. The maximum Gasteiger partial charge on any atom is 0.120 e. The van der Waals surface area contributed by atoms with Gasteiger partial charge in [-0.1, -0.05) is 38.5 Å². The number of rotatable bonds is 14. The van der Waals surface area contributed by atoms with Gasteiger partial charge in [0.2, 0.25) is 0 Å². The first-order valence-corrected chi connectivity index (χ1v) is 10.9. The first kappa shape index (κ1) is 24.2. The van der Waals surface area contributed by atoms with Crippen LogP contribution < -0.4 is 9.47 Å². The van der Waals surface area contributed by atoms with Gasteiger partial charge in [0.25, 0.3) is 0 Å². The molecule has 30 heavy (non-hydrogen) atoms. The highest BCUT2D eigenvalue weighted by Crippen LogP contribution is 2.23. The zero-order valence-corrected chi connectivity index (χ0v) is 18.3. The zero-order valence-electron chi connectivity index (χ0n) is 18.3. The molecule has 0 spiro atoms. The maximum atomic E-state index is 10.3. The molecule has 0 aliphatic rings. The molecule has 0 radical (unpaired) electrons. The molecule has 0 atom stereocenters. The second kappa shape index (κ2) is 12.6. The third-order valence-corrected chi connectivity index (χ3v) is 5.69. The van der Waals surface area contributed by atoms with Crippen LogP contribution in [0, 0.1) is 0 Å². The molecule has 0 bridgehead atoms. The number of ether oxygens (including phenoxy) is 2. The van der Waals surface area contributed by atoms with Crippen LogP contribution in [0.2, 0.25) is 0 Å². The molecule has 0 saturated heterocycles. The molecule has 5 nitrogen and oxygen atoms in total. The van der Waals surface area contributed by atoms with Gasteiger partial charge in [-0.2, -0.15) is 0 Å². The summed E-state index contributed by atoms with van der Waals surface area (Å²) in [5, 5.41) is 29.0. The van der Waals surface area contributed by atoms with Gasteiger partial charge >= 0.3 is 0 Å². The molecular weight excluding hydrogens is 380 g/mol. The normalized spacial score (nSPS) is 11.5. The van der Waals surface area contributed by atoms with Crippen LogP contribution in [-0.4, -0.2) is 27.5 Å². The quantitative estimate of drug-likeness (QED) is 0.388. The molecule has 0 saturated carbocycles. The Hall–Kier alpha value is -2.08. The monoisotopic (exact) mass is 416 g/mol. The number of hydrogen-bond donors (Lipinski definition) is 3. The van der Waals surface area contributed by atoms with E-state index in [-0.39, 0.29) is 13.2 Å². The van der Waals surface area contributed by atoms with Crippen molar-refractivity contribution in [3.8, 4) is 11.5 Å². The molecule has 0 heterocycles. The molecule has 2 aromatic carbocycles. The lowest BCUT2D eigenvalue weighted by Crippen LogP contribution is -2.26. The van der Waals surface area contributed by atoms with Crippen molar-refractivity contribution < 1.29 is 24.8 Å². The van der Waals surface area contributed by atoms with Crippen molar-refractivity contribution in [3.05, 3.63) is 59.2 Å². The van der Waals surface area contributed by atoms with Crippen LogP contribution in [0.1, 0.15) is 69.1 Å². The highest BCUT2D eigenvalue weighted by atomic mass is 16.5. The number of unbranched alkanes of at least 4 members (excludes halogenated alkanes) is 2. The second-order valence-electron chi connectivity index (χ2n) is 7.77. The average Bonchev–Trinajstić information content (AvgIpc) is 2.79. The second-order valence-corrected chi connectivity index (χ2v) is 7.77. The van der Waals surface area contributed by atoms with E-state index < -0.39 is 5.60 Å². The molecule has 0 fully saturated rings. The molecule has 0 aliphatic heterocycles. The summed E-state index contributed by atoms with van der Waals surface area (Å²) in [6.07, 6.45) is 5.49. The number of aliphatic hydroxyl groups is 3. The Bertz CT molecular complexity index is 755. The molecule has 0 aromatic heterocycles. The highest BCUT2D eigenvalue weighted by Gasteiger charge is 2.20. The maximum absolute atomic E-state index is 10.3. The molecule has 5 heteroatoms. The van der Waals surface area contributed by atoms with Crippen molar-refractivity contribution >= 4 is 0 Å². The third kappa shape index (κ3) is 7.63. The van der Waals surface area contributed by atoms with E-state index in [0.29, 0.717) is 30.1 Å². The minimum absolute atomic E-state index is 0.104. The van der Waals surface area contributed by atoms with E-state index in [1.54, 1.807) is 18.2 Å². The number of aliphatic hydroxyl groups excluding tert-OH is 2. The summed E-state index contributed by atoms with van der Waals surface area (Å²) in [7, 11) is 0. The van der Waals surface area contributed by atoms with Gasteiger partial charge in [0, 0.05) is 0 Å². The fourth-order valence-electron chi connectivity index (χ4n) is 3.41. The molecular formula is C25H36O5. The molecule has 166 valence electrons. The Morgan fingerprint density at radius 1 is 0.800 bits per heavy atom. The van der Waals surface area contributed by atoms with Gasteiger partial charge in [-0.3, -0.25) is 0 Å². The van der Waals surface area contributed by atoms with Crippen molar-refractivity contribution in [2.24, 2.45) is 0 Å². The van der Waals surface area contributed by atoms with Gasteiger partial charge in [0.1, 0.15) is 18.1 Å². The smallest absolute Gasteiger partial charge is 0.120 e. The number of hydrogen-bond acceptors (Lipinski definition) is 5. The standard InChI is InChI=1S/C25H36O5/c1-3-25(28,4-2)13-6-5-7-14-29-23-10-8-9-20(15-23)19-30-24-12-11-21(17-26)22(16-24)18-27/h8-12,15-16,26-28H,3-7,13-14,17-19H2,1-2H3. The Morgan fingerprint density at radius 2 is 1.53 bits per heavy atom. The van der Waals surface area contributed by atoms with E-state index in [2.05, 4.69) is 0 Å². The van der Waals surface area contributed by atoms with Crippen molar-refractivity contribution in [1.82, 2.24) is 0 Å². The molecule has 0 aliphatic carbocycles. The van der Waals surface area contributed by atoms with Crippen molar-refractivity contribution in [1.29, 1.82) is 0 Å². The van der Waals surface area contributed by atoms with Crippen LogP contribution >= 0.6 is 0 Å². The lowest BCUT2D eigenvalue weighted by atomic mass is 9.91. The Kier molecular flexibility index (Phi) is 10.1.